The summed E-state index contributed by atoms with van der Waals surface area (Å²) < 4.78 is 4.76. The molecule has 0 spiro atoms. The summed E-state index contributed by atoms with van der Waals surface area (Å²) in [4.78, 5) is 19.5. The summed E-state index contributed by atoms with van der Waals surface area (Å²) in [6.45, 7) is 0.597. The third-order valence-electron chi connectivity index (χ3n) is 1.23. The van der Waals surface area contributed by atoms with Gasteiger partial charge in [0.1, 0.15) is 12.2 Å². The lowest BCUT2D eigenvalue weighted by atomic mass is 10.3. The molecule has 1 aliphatic heterocycles. The molecule has 0 saturated carbocycles. The highest BCUT2D eigenvalue weighted by Crippen LogP contribution is 1.99. The van der Waals surface area contributed by atoms with Crippen LogP contribution in [0.2, 0.25) is 0 Å². The summed E-state index contributed by atoms with van der Waals surface area (Å²) in [6, 6.07) is 3.30. The minimum absolute atomic E-state index is 0.0347. The molecule has 0 radical (unpaired) electrons. The summed E-state index contributed by atoms with van der Waals surface area (Å²) in [7, 11) is 0. The largest absolute Gasteiger partial charge is 0.481 e. The number of furan rings is 1. The van der Waals surface area contributed by atoms with Crippen molar-refractivity contribution in [1.29, 1.82) is 0 Å². The van der Waals surface area contributed by atoms with E-state index >= 15 is 0 Å². The average Bonchev–Trinajstić information content (AvgIpc) is 2.68. The van der Waals surface area contributed by atoms with Crippen LogP contribution in [0.25, 0.3) is 0 Å². The van der Waals surface area contributed by atoms with E-state index in [0.717, 1.165) is 0 Å². The Bertz CT molecular complexity index is 285. The van der Waals surface area contributed by atoms with Gasteiger partial charge in [0.2, 0.25) is 5.91 Å². The number of rotatable bonds is 2. The number of nitrogens with one attached hydrogen (secondary N) is 1. The molecule has 1 aromatic rings. The van der Waals surface area contributed by atoms with Gasteiger partial charge in [-0.3, -0.25) is 9.59 Å². The fourth-order valence-corrected chi connectivity index (χ4v) is 0.598. The maximum Gasteiger partial charge on any atom is 0.311 e. The Hall–Kier alpha value is -1.78. The highest BCUT2D eigenvalue weighted by molar-refractivity contribution is 5.91. The van der Waals surface area contributed by atoms with Crippen molar-refractivity contribution in [2.45, 2.75) is 6.42 Å². The zero-order valence-corrected chi connectivity index (χ0v) is 6.82. The fourth-order valence-electron chi connectivity index (χ4n) is 0.598. The van der Waals surface area contributed by atoms with Crippen molar-refractivity contribution < 1.29 is 19.1 Å². The van der Waals surface area contributed by atoms with Crippen molar-refractivity contribution in [3.05, 3.63) is 24.2 Å². The maximum atomic E-state index is 10.0. The van der Waals surface area contributed by atoms with Crippen molar-refractivity contribution in [1.82, 2.24) is 5.32 Å². The minimum Gasteiger partial charge on any atom is -0.481 e. The van der Waals surface area contributed by atoms with E-state index < -0.39 is 5.97 Å². The van der Waals surface area contributed by atoms with Crippen LogP contribution in [0, 0.1) is 0 Å². The summed E-state index contributed by atoms with van der Waals surface area (Å²) >= 11 is 0. The molecule has 1 aliphatic rings. The van der Waals surface area contributed by atoms with Gasteiger partial charge >= 0.3 is 5.97 Å². The summed E-state index contributed by atoms with van der Waals surface area (Å²) in [6.07, 6.45) is 1.42. The molecular formula is C8H9NO4. The number of carbonyl (C=O) groups is 2. The van der Waals surface area contributed by atoms with Gasteiger partial charge in [0.05, 0.1) is 12.8 Å². The van der Waals surface area contributed by atoms with Crippen molar-refractivity contribution in [3.63, 3.8) is 0 Å². The predicted octanol–water partition coefficient (Wildman–Crippen LogP) is 0.0229. The van der Waals surface area contributed by atoms with Gasteiger partial charge in [0, 0.05) is 0 Å². The summed E-state index contributed by atoms with van der Waals surface area (Å²) in [5.41, 5.74) is 0. The molecule has 5 nitrogen and oxygen atoms in total. The Labute approximate surface area is 74.4 Å². The zero-order chi connectivity index (χ0) is 9.68. The lowest BCUT2D eigenvalue weighted by molar-refractivity contribution is -0.136. The molecule has 13 heavy (non-hydrogen) atoms. The fraction of sp³-hybridized carbons (Fsp3) is 0.250. The van der Waals surface area contributed by atoms with Crippen LogP contribution in [-0.2, 0) is 16.0 Å². The first-order valence-corrected chi connectivity index (χ1v) is 3.69. The summed E-state index contributed by atoms with van der Waals surface area (Å²) in [5.74, 6) is -0.215. The van der Waals surface area contributed by atoms with E-state index in [2.05, 4.69) is 5.32 Å². The van der Waals surface area contributed by atoms with E-state index in [1.54, 1.807) is 12.1 Å². The van der Waals surface area contributed by atoms with Crippen LogP contribution in [-0.4, -0.2) is 23.5 Å². The Morgan fingerprint density at radius 2 is 2.31 bits per heavy atom. The van der Waals surface area contributed by atoms with Gasteiger partial charge in [-0.1, -0.05) is 0 Å². The highest BCUT2D eigenvalue weighted by Gasteiger charge is 2.10. The molecule has 70 valence electrons. The molecule has 0 unspecified atom stereocenters. The first-order chi connectivity index (χ1) is 6.18. The molecular weight excluding hydrogens is 174 g/mol. The smallest absolute Gasteiger partial charge is 0.311 e. The second-order valence-electron chi connectivity index (χ2n) is 2.43. The standard InChI is InChI=1S/C6H6O3.C2H3NO/c7-6(8)4-5-2-1-3-9-5;4-2-1-3-2/h1-3H,4H2,(H,7,8);1H2,(H,3,4). The molecule has 5 heteroatoms. The van der Waals surface area contributed by atoms with Crippen molar-refractivity contribution in [2.24, 2.45) is 0 Å². The topological polar surface area (TPSA) is 89.4 Å². The van der Waals surface area contributed by atoms with Crippen molar-refractivity contribution in [2.75, 3.05) is 6.54 Å². The predicted molar refractivity (Wildman–Crippen MR) is 43.1 cm³/mol. The molecule has 0 atom stereocenters. The quantitative estimate of drug-likeness (QED) is 0.632. The molecule has 1 fully saturated rings. The van der Waals surface area contributed by atoms with E-state index in [9.17, 15) is 9.59 Å². The highest BCUT2D eigenvalue weighted by atomic mass is 16.4. The Morgan fingerprint density at radius 3 is 2.62 bits per heavy atom. The Morgan fingerprint density at radius 1 is 1.69 bits per heavy atom. The van der Waals surface area contributed by atoms with E-state index in [1.165, 1.54) is 6.26 Å². The molecule has 2 heterocycles. The van der Waals surface area contributed by atoms with Crippen LogP contribution in [0.1, 0.15) is 5.76 Å². The molecule has 1 saturated heterocycles. The third-order valence-corrected chi connectivity index (χ3v) is 1.23. The van der Waals surface area contributed by atoms with Crippen LogP contribution < -0.4 is 5.32 Å². The normalized spacial score (nSPS) is 12.5. The average molecular weight is 183 g/mol. The van der Waals surface area contributed by atoms with Gasteiger partial charge in [-0.2, -0.15) is 0 Å². The van der Waals surface area contributed by atoms with Crippen LogP contribution in [0.3, 0.4) is 0 Å². The van der Waals surface area contributed by atoms with Gasteiger partial charge in [0.25, 0.3) is 0 Å². The molecule has 1 aromatic heterocycles. The second kappa shape index (κ2) is 4.30. The number of carboxylic acids is 1. The number of aliphatic carboxylic acids is 1. The number of carboxylic acid groups (broad SMARTS) is 1. The van der Waals surface area contributed by atoms with Crippen LogP contribution in [0.15, 0.2) is 22.8 Å². The molecule has 0 bridgehead atoms. The van der Waals surface area contributed by atoms with Crippen LogP contribution in [0.5, 0.6) is 0 Å². The first-order valence-electron chi connectivity index (χ1n) is 3.69. The van der Waals surface area contributed by atoms with Gasteiger partial charge in [-0.05, 0) is 12.1 Å². The lowest BCUT2D eigenvalue weighted by Gasteiger charge is -1.85. The third kappa shape index (κ3) is 4.62. The van der Waals surface area contributed by atoms with Gasteiger partial charge in [-0.25, -0.2) is 0 Å². The monoisotopic (exact) mass is 183 g/mol. The first kappa shape index (κ1) is 9.31. The zero-order valence-electron chi connectivity index (χ0n) is 6.82. The Kier molecular flexibility index (Phi) is 3.08. The Balaban J connectivity index is 0.000000175. The molecule has 2 rings (SSSR count). The minimum atomic E-state index is -0.870. The SMILES string of the molecule is O=C(O)Cc1ccco1.O=C1CN1. The van der Waals surface area contributed by atoms with Crippen LogP contribution >= 0.6 is 0 Å². The van der Waals surface area contributed by atoms with E-state index in [4.69, 9.17) is 9.52 Å². The van der Waals surface area contributed by atoms with Crippen LogP contribution in [0.4, 0.5) is 0 Å². The molecule has 0 aliphatic carbocycles. The number of carbonyl (C=O) groups excluding carboxylic acids is 1. The van der Waals surface area contributed by atoms with Crippen molar-refractivity contribution in [3.8, 4) is 0 Å². The number of amides is 1. The number of hydrogen-bond donors (Lipinski definition) is 2. The van der Waals surface area contributed by atoms with Gasteiger partial charge in [-0.15, -0.1) is 0 Å². The van der Waals surface area contributed by atoms with Gasteiger partial charge < -0.3 is 14.8 Å². The number of hydrogen-bond acceptors (Lipinski definition) is 3. The van der Waals surface area contributed by atoms with E-state index in [0.29, 0.717) is 12.3 Å². The van der Waals surface area contributed by atoms with E-state index in [-0.39, 0.29) is 12.3 Å². The van der Waals surface area contributed by atoms with Crippen molar-refractivity contribution >= 4 is 11.9 Å². The van der Waals surface area contributed by atoms with Gasteiger partial charge in [0.15, 0.2) is 0 Å². The second-order valence-corrected chi connectivity index (χ2v) is 2.43. The molecule has 1 amide bonds. The lowest BCUT2D eigenvalue weighted by Crippen LogP contribution is -1.97. The maximum absolute atomic E-state index is 10.0. The summed E-state index contributed by atoms with van der Waals surface area (Å²) in [5, 5.41) is 10.7. The molecule has 0 aromatic carbocycles. The van der Waals surface area contributed by atoms with E-state index in [1.807, 2.05) is 0 Å². The molecule has 2 N–H and O–H groups in total.